The molecule has 0 radical (unpaired) electrons. The lowest BCUT2D eigenvalue weighted by Gasteiger charge is -2.19. The molecular weight excluding hydrogens is 238 g/mol. The summed E-state index contributed by atoms with van der Waals surface area (Å²) in [6.07, 6.45) is 1.15. The number of aryl methyl sites for hydroxylation is 1. The smallest absolute Gasteiger partial charge is 0.308 e. The maximum Gasteiger partial charge on any atom is 0.308 e. The van der Waals surface area contributed by atoms with Gasteiger partial charge in [0.1, 0.15) is 0 Å². The van der Waals surface area contributed by atoms with Crippen molar-refractivity contribution in [2.45, 2.75) is 19.8 Å². The molecule has 0 aromatic carbocycles. The van der Waals surface area contributed by atoms with Crippen molar-refractivity contribution in [3.63, 3.8) is 0 Å². The highest BCUT2D eigenvalue weighted by Gasteiger charge is 2.17. The third-order valence-electron chi connectivity index (χ3n) is 2.60. The lowest BCUT2D eigenvalue weighted by atomic mass is 10.1. The minimum Gasteiger partial charge on any atom is -0.481 e. The van der Waals surface area contributed by atoms with Crippen molar-refractivity contribution in [1.29, 1.82) is 0 Å². The second kappa shape index (κ2) is 6.39. The van der Waals surface area contributed by atoms with E-state index in [1.165, 1.54) is 4.90 Å². The molecule has 0 saturated heterocycles. The van der Waals surface area contributed by atoms with Gasteiger partial charge in [0.25, 0.3) is 0 Å². The number of carboxylic acids is 1. The van der Waals surface area contributed by atoms with Crippen LogP contribution in [0.3, 0.4) is 0 Å². The molecule has 0 unspecified atom stereocenters. The summed E-state index contributed by atoms with van der Waals surface area (Å²) in [5.74, 6) is -1.41. The van der Waals surface area contributed by atoms with Crippen molar-refractivity contribution in [3.8, 4) is 0 Å². The van der Waals surface area contributed by atoms with Crippen molar-refractivity contribution in [2.75, 3.05) is 13.6 Å². The summed E-state index contributed by atoms with van der Waals surface area (Å²) in [6, 6.07) is 2.00. The molecule has 0 aliphatic rings. The maximum atomic E-state index is 11.7. The summed E-state index contributed by atoms with van der Waals surface area (Å²) in [7, 11) is 1.65. The highest BCUT2D eigenvalue weighted by atomic mass is 32.1. The predicted octanol–water partition coefficient (Wildman–Crippen LogP) is 1.86. The normalized spacial score (nSPS) is 12.1. The average Bonchev–Trinajstić information content (AvgIpc) is 2.78. The first-order chi connectivity index (χ1) is 8.00. The Morgan fingerprint density at radius 3 is 2.76 bits per heavy atom. The lowest BCUT2D eigenvalue weighted by molar-refractivity contribution is -0.142. The molecule has 4 nitrogen and oxygen atoms in total. The Hall–Kier alpha value is -1.36. The molecule has 0 fully saturated rings. The van der Waals surface area contributed by atoms with Crippen LogP contribution in [0.15, 0.2) is 16.8 Å². The maximum absolute atomic E-state index is 11.7. The van der Waals surface area contributed by atoms with Crippen molar-refractivity contribution in [3.05, 3.63) is 22.4 Å². The molecule has 0 saturated carbocycles. The van der Waals surface area contributed by atoms with Crippen LogP contribution in [0.1, 0.15) is 18.9 Å². The monoisotopic (exact) mass is 255 g/mol. The summed E-state index contributed by atoms with van der Waals surface area (Å²) < 4.78 is 0. The zero-order valence-corrected chi connectivity index (χ0v) is 10.9. The fraction of sp³-hybridized carbons (Fsp3) is 0.500. The van der Waals surface area contributed by atoms with Gasteiger partial charge in [-0.25, -0.2) is 0 Å². The molecule has 1 amide bonds. The molecule has 1 rings (SSSR count). The third kappa shape index (κ3) is 4.56. The third-order valence-corrected chi connectivity index (χ3v) is 3.33. The minimum atomic E-state index is -0.873. The highest BCUT2D eigenvalue weighted by Crippen LogP contribution is 2.09. The van der Waals surface area contributed by atoms with Gasteiger partial charge >= 0.3 is 5.97 Å². The van der Waals surface area contributed by atoms with Crippen LogP contribution in [-0.4, -0.2) is 35.5 Å². The largest absolute Gasteiger partial charge is 0.481 e. The molecular formula is C12H17NO3S. The molecule has 1 aromatic heterocycles. The number of aliphatic carboxylic acids is 1. The first kappa shape index (κ1) is 13.7. The summed E-state index contributed by atoms with van der Waals surface area (Å²) in [5.41, 5.74) is 1.16. The van der Waals surface area contributed by atoms with Gasteiger partial charge in [-0.2, -0.15) is 11.3 Å². The topological polar surface area (TPSA) is 57.6 Å². The van der Waals surface area contributed by atoms with Gasteiger partial charge in [0.15, 0.2) is 0 Å². The Labute approximate surface area is 105 Å². The Morgan fingerprint density at radius 1 is 1.53 bits per heavy atom. The second-order valence-electron chi connectivity index (χ2n) is 4.15. The van der Waals surface area contributed by atoms with E-state index in [-0.39, 0.29) is 12.5 Å². The highest BCUT2D eigenvalue weighted by molar-refractivity contribution is 7.07. The fourth-order valence-corrected chi connectivity index (χ4v) is 2.17. The van der Waals surface area contributed by atoms with Crippen LogP contribution in [0.2, 0.25) is 0 Å². The molecule has 0 bridgehead atoms. The molecule has 0 aliphatic carbocycles. The van der Waals surface area contributed by atoms with E-state index >= 15 is 0 Å². The van der Waals surface area contributed by atoms with Crippen LogP contribution < -0.4 is 0 Å². The summed E-state index contributed by atoms with van der Waals surface area (Å²) in [5, 5.41) is 12.8. The van der Waals surface area contributed by atoms with E-state index in [9.17, 15) is 9.59 Å². The molecule has 1 aromatic rings. The molecule has 0 spiro atoms. The van der Waals surface area contributed by atoms with E-state index in [0.29, 0.717) is 12.8 Å². The summed E-state index contributed by atoms with van der Waals surface area (Å²) >= 11 is 1.61. The van der Waals surface area contributed by atoms with Gasteiger partial charge < -0.3 is 10.0 Å². The van der Waals surface area contributed by atoms with Crippen LogP contribution in [0.25, 0.3) is 0 Å². The number of hydrogen-bond donors (Lipinski definition) is 1. The number of thiophene rings is 1. The van der Waals surface area contributed by atoms with E-state index in [1.54, 1.807) is 25.3 Å². The zero-order chi connectivity index (χ0) is 12.8. The first-order valence-electron chi connectivity index (χ1n) is 5.48. The van der Waals surface area contributed by atoms with E-state index in [2.05, 4.69) is 0 Å². The molecule has 0 aliphatic heterocycles. The number of nitrogens with zero attached hydrogens (tertiary/aromatic N) is 1. The molecule has 1 N–H and O–H groups in total. The van der Waals surface area contributed by atoms with Crippen LogP contribution in [0.5, 0.6) is 0 Å². The van der Waals surface area contributed by atoms with Crippen molar-refractivity contribution < 1.29 is 14.7 Å². The minimum absolute atomic E-state index is 0.00991. The molecule has 1 heterocycles. The summed E-state index contributed by atoms with van der Waals surface area (Å²) in [6.45, 7) is 1.86. The van der Waals surface area contributed by atoms with Gasteiger partial charge in [0.2, 0.25) is 5.91 Å². The van der Waals surface area contributed by atoms with Gasteiger partial charge in [-0.15, -0.1) is 0 Å². The van der Waals surface area contributed by atoms with Gasteiger partial charge in [0, 0.05) is 20.0 Å². The van der Waals surface area contributed by atoms with Crippen molar-refractivity contribution >= 4 is 23.2 Å². The Kier molecular flexibility index (Phi) is 5.15. The van der Waals surface area contributed by atoms with Gasteiger partial charge in [-0.3, -0.25) is 9.59 Å². The second-order valence-corrected chi connectivity index (χ2v) is 4.93. The van der Waals surface area contributed by atoms with Crippen LogP contribution >= 0.6 is 11.3 Å². The van der Waals surface area contributed by atoms with E-state index in [0.717, 1.165) is 5.56 Å². The number of rotatable bonds is 6. The van der Waals surface area contributed by atoms with Crippen LogP contribution in [-0.2, 0) is 16.0 Å². The Morgan fingerprint density at radius 2 is 2.24 bits per heavy atom. The molecule has 1 atom stereocenters. The van der Waals surface area contributed by atoms with Gasteiger partial charge in [-0.1, -0.05) is 6.92 Å². The number of carbonyl (C=O) groups excluding carboxylic acids is 1. The standard InChI is InChI=1S/C12H17NO3S/c1-9(12(15)16)7-13(2)11(14)4-3-10-5-6-17-8-10/h5-6,8-9H,3-4,7H2,1-2H3,(H,15,16)/t9-/m0/s1. The quantitative estimate of drug-likeness (QED) is 0.844. The Balaban J connectivity index is 2.34. The molecule has 5 heteroatoms. The number of amides is 1. The fourth-order valence-electron chi connectivity index (χ4n) is 1.47. The molecule has 94 valence electrons. The van der Waals surface area contributed by atoms with E-state index in [4.69, 9.17) is 5.11 Å². The van der Waals surface area contributed by atoms with Crippen LogP contribution in [0.4, 0.5) is 0 Å². The van der Waals surface area contributed by atoms with Crippen LogP contribution in [0, 0.1) is 5.92 Å². The average molecular weight is 255 g/mol. The SMILES string of the molecule is C[C@@H](CN(C)C(=O)CCc1ccsc1)C(=O)O. The Bertz CT molecular complexity index is 375. The first-order valence-corrected chi connectivity index (χ1v) is 6.43. The van der Waals surface area contributed by atoms with E-state index < -0.39 is 11.9 Å². The zero-order valence-electron chi connectivity index (χ0n) is 10.0. The number of hydrogen-bond acceptors (Lipinski definition) is 3. The van der Waals surface area contributed by atoms with Crippen molar-refractivity contribution in [1.82, 2.24) is 4.90 Å². The number of carboxylic acid groups (broad SMARTS) is 1. The summed E-state index contributed by atoms with van der Waals surface area (Å²) in [4.78, 5) is 23.9. The predicted molar refractivity (Wildman–Crippen MR) is 67.1 cm³/mol. The van der Waals surface area contributed by atoms with Gasteiger partial charge in [-0.05, 0) is 28.8 Å². The lowest BCUT2D eigenvalue weighted by Crippen LogP contribution is -2.33. The van der Waals surface area contributed by atoms with Crippen molar-refractivity contribution in [2.24, 2.45) is 5.92 Å². The van der Waals surface area contributed by atoms with Gasteiger partial charge in [0.05, 0.1) is 5.92 Å². The molecule has 17 heavy (non-hydrogen) atoms. The van der Waals surface area contributed by atoms with E-state index in [1.807, 2.05) is 16.8 Å². The number of carbonyl (C=O) groups is 2.